The molecule has 2 heterocycles. The smallest absolute Gasteiger partial charge is 0.340 e. The molecule has 0 radical (unpaired) electrons. The summed E-state index contributed by atoms with van der Waals surface area (Å²) in [5.74, 6) is 0.197. The van der Waals surface area contributed by atoms with Gasteiger partial charge in [-0.1, -0.05) is 18.0 Å². The molecule has 1 aliphatic rings. The van der Waals surface area contributed by atoms with Crippen LogP contribution in [0.3, 0.4) is 0 Å². The Morgan fingerprint density at radius 3 is 2.53 bits per heavy atom. The molecule has 1 aliphatic heterocycles. The van der Waals surface area contributed by atoms with Gasteiger partial charge in [0.25, 0.3) is 0 Å². The predicted molar refractivity (Wildman–Crippen MR) is 118 cm³/mol. The number of carbonyl (C=O) groups excluding carboxylic acids is 1. The van der Waals surface area contributed by atoms with Gasteiger partial charge in [0.2, 0.25) is 5.91 Å². The summed E-state index contributed by atoms with van der Waals surface area (Å²) in [5.41, 5.74) is 0.389. The van der Waals surface area contributed by atoms with E-state index in [0.29, 0.717) is 29.0 Å². The van der Waals surface area contributed by atoms with Gasteiger partial charge in [-0.05, 0) is 62.3 Å². The van der Waals surface area contributed by atoms with Crippen LogP contribution in [0.4, 0.5) is 30.4 Å². The maximum absolute atomic E-state index is 13.2. The molecule has 168 valence electrons. The van der Waals surface area contributed by atoms with Crippen LogP contribution in [-0.2, 0) is 11.0 Å². The molecule has 0 spiro atoms. The van der Waals surface area contributed by atoms with Crippen LogP contribution in [0.2, 0.25) is 5.02 Å². The largest absolute Gasteiger partial charge is 0.417 e. The molecule has 32 heavy (non-hydrogen) atoms. The van der Waals surface area contributed by atoms with Crippen LogP contribution in [-0.4, -0.2) is 40.4 Å². The fourth-order valence-electron chi connectivity index (χ4n) is 3.71. The maximum atomic E-state index is 13.2. The lowest BCUT2D eigenvalue weighted by Crippen LogP contribution is -2.36. The van der Waals surface area contributed by atoms with Crippen molar-refractivity contribution in [2.24, 2.45) is 0 Å². The average molecular weight is 464 g/mol. The number of fused-ring (bicyclic) bond motifs is 1. The van der Waals surface area contributed by atoms with E-state index in [-0.39, 0.29) is 16.6 Å². The van der Waals surface area contributed by atoms with Crippen LogP contribution in [0.25, 0.3) is 10.9 Å². The van der Waals surface area contributed by atoms with Gasteiger partial charge in [-0.25, -0.2) is 9.97 Å². The maximum Gasteiger partial charge on any atom is 0.417 e. The molecule has 1 fully saturated rings. The predicted octanol–water partition coefficient (Wildman–Crippen LogP) is 5.47. The number of hydrogen-bond acceptors (Lipinski definition) is 5. The fourth-order valence-corrected chi connectivity index (χ4v) is 3.94. The van der Waals surface area contributed by atoms with E-state index in [0.717, 1.165) is 32.0 Å². The molecule has 1 amide bonds. The molecule has 0 atom stereocenters. The molecule has 4 rings (SSSR count). The summed E-state index contributed by atoms with van der Waals surface area (Å²) in [6.07, 6.45) is 0.123. The zero-order valence-electron chi connectivity index (χ0n) is 17.0. The summed E-state index contributed by atoms with van der Waals surface area (Å²) < 4.78 is 39.5. The summed E-state index contributed by atoms with van der Waals surface area (Å²) in [6, 6.07) is 8.71. The summed E-state index contributed by atoms with van der Waals surface area (Å²) in [5, 5.41) is 5.96. The molecule has 2 N–H and O–H groups in total. The number of carbonyl (C=O) groups is 1. The van der Waals surface area contributed by atoms with Crippen molar-refractivity contribution in [3.63, 3.8) is 0 Å². The Kier molecular flexibility index (Phi) is 6.48. The Labute approximate surface area is 187 Å². The summed E-state index contributed by atoms with van der Waals surface area (Å²) >= 11 is 5.70. The number of alkyl halides is 3. The number of aromatic nitrogens is 2. The van der Waals surface area contributed by atoms with Gasteiger partial charge < -0.3 is 10.6 Å². The molecule has 10 heteroatoms. The lowest BCUT2D eigenvalue weighted by atomic mass is 10.1. The molecule has 1 aromatic heterocycles. The van der Waals surface area contributed by atoms with Crippen molar-refractivity contribution in [3.8, 4) is 0 Å². The Balaban J connectivity index is 1.56. The van der Waals surface area contributed by atoms with Gasteiger partial charge in [-0.2, -0.15) is 13.2 Å². The average Bonchev–Trinajstić information content (AvgIpc) is 2.75. The van der Waals surface area contributed by atoms with E-state index in [2.05, 4.69) is 25.5 Å². The van der Waals surface area contributed by atoms with Gasteiger partial charge in [-0.15, -0.1) is 0 Å². The van der Waals surface area contributed by atoms with Crippen LogP contribution >= 0.6 is 11.6 Å². The Hall–Kier alpha value is -2.91. The minimum atomic E-state index is -4.58. The molecule has 6 nitrogen and oxygen atoms in total. The van der Waals surface area contributed by atoms with Gasteiger partial charge in [-0.3, -0.25) is 9.69 Å². The van der Waals surface area contributed by atoms with Gasteiger partial charge in [0, 0.05) is 16.8 Å². The first kappa shape index (κ1) is 22.3. The van der Waals surface area contributed by atoms with Gasteiger partial charge >= 0.3 is 6.18 Å². The van der Waals surface area contributed by atoms with E-state index in [1.807, 2.05) is 0 Å². The van der Waals surface area contributed by atoms with Crippen molar-refractivity contribution in [1.29, 1.82) is 0 Å². The normalized spacial score (nSPS) is 15.0. The zero-order chi connectivity index (χ0) is 22.7. The second kappa shape index (κ2) is 9.30. The zero-order valence-corrected chi connectivity index (χ0v) is 17.8. The van der Waals surface area contributed by atoms with Crippen LogP contribution < -0.4 is 10.6 Å². The van der Waals surface area contributed by atoms with E-state index in [9.17, 15) is 18.0 Å². The topological polar surface area (TPSA) is 70.2 Å². The van der Waals surface area contributed by atoms with Gasteiger partial charge in [0.05, 0.1) is 22.6 Å². The van der Waals surface area contributed by atoms with Crippen molar-refractivity contribution in [2.45, 2.75) is 25.4 Å². The second-order valence-electron chi connectivity index (χ2n) is 7.66. The lowest BCUT2D eigenvalue weighted by molar-refractivity contribution is -0.137. The van der Waals surface area contributed by atoms with Crippen LogP contribution in [0.15, 0.2) is 42.7 Å². The molecular weight excluding hydrogens is 443 g/mol. The molecule has 0 unspecified atom stereocenters. The highest BCUT2D eigenvalue weighted by molar-refractivity contribution is 6.31. The van der Waals surface area contributed by atoms with Crippen molar-refractivity contribution in [1.82, 2.24) is 14.9 Å². The first-order valence-corrected chi connectivity index (χ1v) is 10.6. The third-order valence-electron chi connectivity index (χ3n) is 5.27. The first-order valence-electron chi connectivity index (χ1n) is 10.2. The quantitative estimate of drug-likeness (QED) is 0.525. The van der Waals surface area contributed by atoms with E-state index < -0.39 is 11.7 Å². The number of rotatable bonds is 5. The van der Waals surface area contributed by atoms with Crippen LogP contribution in [0.5, 0.6) is 0 Å². The minimum Gasteiger partial charge on any atom is -0.340 e. The van der Waals surface area contributed by atoms with Crippen molar-refractivity contribution in [2.75, 3.05) is 30.3 Å². The lowest BCUT2D eigenvalue weighted by Gasteiger charge is -2.25. The Morgan fingerprint density at radius 1 is 1.03 bits per heavy atom. The number of nitrogens with one attached hydrogen (secondary N) is 2. The van der Waals surface area contributed by atoms with Crippen molar-refractivity contribution >= 4 is 45.6 Å². The molecule has 0 aliphatic carbocycles. The third-order valence-corrected chi connectivity index (χ3v) is 5.60. The number of anilines is 3. The van der Waals surface area contributed by atoms with E-state index in [1.54, 1.807) is 18.2 Å². The molecule has 0 bridgehead atoms. The Bertz CT molecular complexity index is 1130. The molecule has 2 aromatic carbocycles. The highest BCUT2D eigenvalue weighted by Crippen LogP contribution is 2.37. The monoisotopic (exact) mass is 463 g/mol. The van der Waals surface area contributed by atoms with Crippen LogP contribution in [0, 0.1) is 0 Å². The van der Waals surface area contributed by atoms with E-state index >= 15 is 0 Å². The number of nitrogens with zero attached hydrogens (tertiary/aromatic N) is 3. The SMILES string of the molecule is O=C(CN1CCCCC1)Nc1ccc2ncnc(Nc3ccc(Cl)c(C(F)(F)F)c3)c2c1. The number of amides is 1. The Morgan fingerprint density at radius 2 is 1.78 bits per heavy atom. The molecular formula is C22H21ClF3N5O. The number of benzene rings is 2. The summed E-state index contributed by atoms with van der Waals surface area (Å²) in [6.45, 7) is 2.14. The molecule has 1 saturated heterocycles. The van der Waals surface area contributed by atoms with Gasteiger partial charge in [0.15, 0.2) is 0 Å². The van der Waals surface area contributed by atoms with Crippen molar-refractivity contribution in [3.05, 3.63) is 53.3 Å². The van der Waals surface area contributed by atoms with Gasteiger partial charge in [0.1, 0.15) is 12.1 Å². The highest BCUT2D eigenvalue weighted by atomic mass is 35.5. The highest BCUT2D eigenvalue weighted by Gasteiger charge is 2.33. The minimum absolute atomic E-state index is 0.120. The number of piperidine rings is 1. The number of halogens is 4. The summed E-state index contributed by atoms with van der Waals surface area (Å²) in [4.78, 5) is 22.9. The van der Waals surface area contributed by atoms with E-state index in [1.165, 1.54) is 24.9 Å². The van der Waals surface area contributed by atoms with Crippen molar-refractivity contribution < 1.29 is 18.0 Å². The fraction of sp³-hybridized carbons (Fsp3) is 0.318. The van der Waals surface area contributed by atoms with Crippen LogP contribution in [0.1, 0.15) is 24.8 Å². The summed E-state index contributed by atoms with van der Waals surface area (Å²) in [7, 11) is 0. The van der Waals surface area contributed by atoms with E-state index in [4.69, 9.17) is 11.6 Å². The molecule has 0 saturated carbocycles. The third kappa shape index (κ3) is 5.28. The standard InChI is InChI=1S/C22H21ClF3N5O/c23-18-6-4-15(11-17(18)22(24,25)26)30-21-16-10-14(5-7-19(16)27-13-28-21)29-20(32)12-31-8-2-1-3-9-31/h4-7,10-11,13H,1-3,8-9,12H2,(H,29,32)(H,27,28,30). The second-order valence-corrected chi connectivity index (χ2v) is 8.06. The number of hydrogen-bond donors (Lipinski definition) is 2. The molecule has 3 aromatic rings. The number of likely N-dealkylation sites (tertiary alicyclic amines) is 1. The first-order chi connectivity index (χ1) is 15.3.